The molecule has 3 heterocycles. The summed E-state index contributed by atoms with van der Waals surface area (Å²) >= 11 is 1.63. The zero-order valence-electron chi connectivity index (χ0n) is 11.0. The Bertz CT molecular complexity index is 598. The van der Waals surface area contributed by atoms with Gasteiger partial charge in [-0.15, -0.1) is 11.3 Å². The molecule has 1 aliphatic heterocycles. The van der Waals surface area contributed by atoms with Crippen LogP contribution in [0.4, 0.5) is 11.8 Å². The SMILES string of the molecule is Cc1cc2c(N3CCCCC3CO)nc(N)nc2s1. The van der Waals surface area contributed by atoms with E-state index >= 15 is 0 Å². The summed E-state index contributed by atoms with van der Waals surface area (Å²) in [6.45, 7) is 3.15. The number of piperidine rings is 1. The molecular formula is C13H18N4OS. The largest absolute Gasteiger partial charge is 0.394 e. The number of aryl methyl sites for hydroxylation is 1. The Labute approximate surface area is 116 Å². The molecule has 0 radical (unpaired) electrons. The van der Waals surface area contributed by atoms with Crippen molar-refractivity contribution in [1.82, 2.24) is 9.97 Å². The monoisotopic (exact) mass is 278 g/mol. The Morgan fingerprint density at radius 1 is 1.47 bits per heavy atom. The molecule has 1 aliphatic rings. The van der Waals surface area contributed by atoms with Crippen LogP contribution in [0.25, 0.3) is 10.2 Å². The first kappa shape index (κ1) is 12.6. The van der Waals surface area contributed by atoms with E-state index in [2.05, 4.69) is 27.9 Å². The number of aliphatic hydroxyl groups is 1. The lowest BCUT2D eigenvalue weighted by molar-refractivity contribution is 0.239. The summed E-state index contributed by atoms with van der Waals surface area (Å²) in [4.78, 5) is 13.0. The quantitative estimate of drug-likeness (QED) is 0.878. The summed E-state index contributed by atoms with van der Waals surface area (Å²) in [5.41, 5.74) is 5.82. The molecule has 3 rings (SSSR count). The van der Waals surface area contributed by atoms with Crippen molar-refractivity contribution in [3.05, 3.63) is 10.9 Å². The Morgan fingerprint density at radius 3 is 3.11 bits per heavy atom. The highest BCUT2D eigenvalue weighted by molar-refractivity contribution is 7.18. The van der Waals surface area contributed by atoms with E-state index in [4.69, 9.17) is 5.73 Å². The minimum atomic E-state index is 0.145. The van der Waals surface area contributed by atoms with Gasteiger partial charge in [-0.2, -0.15) is 4.98 Å². The van der Waals surface area contributed by atoms with E-state index in [0.29, 0.717) is 5.95 Å². The van der Waals surface area contributed by atoms with Gasteiger partial charge in [0, 0.05) is 11.4 Å². The van der Waals surface area contributed by atoms with Crippen LogP contribution in [0.5, 0.6) is 0 Å². The molecular weight excluding hydrogens is 260 g/mol. The molecule has 2 aromatic rings. The second-order valence-electron chi connectivity index (χ2n) is 5.01. The summed E-state index contributed by atoms with van der Waals surface area (Å²) in [6, 6.07) is 2.25. The fraction of sp³-hybridized carbons (Fsp3) is 0.538. The number of aliphatic hydroxyl groups excluding tert-OH is 1. The fourth-order valence-electron chi connectivity index (χ4n) is 2.73. The second-order valence-corrected chi connectivity index (χ2v) is 6.24. The van der Waals surface area contributed by atoms with Crippen molar-refractivity contribution in [2.45, 2.75) is 32.2 Å². The van der Waals surface area contributed by atoms with E-state index in [1.54, 1.807) is 11.3 Å². The minimum Gasteiger partial charge on any atom is -0.394 e. The molecule has 19 heavy (non-hydrogen) atoms. The third-order valence-electron chi connectivity index (χ3n) is 3.62. The predicted octanol–water partition coefficient (Wildman–Crippen LogP) is 1.93. The number of nitrogens with zero attached hydrogens (tertiary/aromatic N) is 3. The van der Waals surface area contributed by atoms with Crippen LogP contribution in [0, 0.1) is 6.92 Å². The first-order chi connectivity index (χ1) is 9.19. The lowest BCUT2D eigenvalue weighted by Gasteiger charge is -2.35. The van der Waals surface area contributed by atoms with E-state index < -0.39 is 0 Å². The van der Waals surface area contributed by atoms with Crippen molar-refractivity contribution in [3.8, 4) is 0 Å². The molecule has 0 spiro atoms. The molecule has 0 bridgehead atoms. The summed E-state index contributed by atoms with van der Waals surface area (Å²) < 4.78 is 0. The highest BCUT2D eigenvalue weighted by Gasteiger charge is 2.25. The normalized spacial score (nSPS) is 20.1. The maximum Gasteiger partial charge on any atom is 0.223 e. The van der Waals surface area contributed by atoms with Gasteiger partial charge in [0.2, 0.25) is 5.95 Å². The third-order valence-corrected chi connectivity index (χ3v) is 4.57. The molecule has 1 unspecified atom stereocenters. The molecule has 0 aromatic carbocycles. The van der Waals surface area contributed by atoms with Gasteiger partial charge in [0.05, 0.1) is 18.0 Å². The second kappa shape index (κ2) is 4.94. The van der Waals surface area contributed by atoms with Crippen LogP contribution < -0.4 is 10.6 Å². The number of thiophene rings is 1. The molecule has 5 nitrogen and oxygen atoms in total. The molecule has 1 atom stereocenters. The van der Waals surface area contributed by atoms with Crippen LogP contribution in [-0.2, 0) is 0 Å². The van der Waals surface area contributed by atoms with Crippen LogP contribution in [0.1, 0.15) is 24.1 Å². The van der Waals surface area contributed by atoms with E-state index in [0.717, 1.165) is 41.8 Å². The van der Waals surface area contributed by atoms with Crippen molar-refractivity contribution < 1.29 is 5.11 Å². The van der Waals surface area contributed by atoms with Crippen molar-refractivity contribution in [2.24, 2.45) is 0 Å². The maximum absolute atomic E-state index is 9.56. The number of nitrogens with two attached hydrogens (primary N) is 1. The van der Waals surface area contributed by atoms with Gasteiger partial charge in [-0.25, -0.2) is 4.98 Å². The molecule has 0 amide bonds. The van der Waals surface area contributed by atoms with Crippen LogP contribution in [0.2, 0.25) is 0 Å². The van der Waals surface area contributed by atoms with Crippen molar-refractivity contribution in [1.29, 1.82) is 0 Å². The smallest absolute Gasteiger partial charge is 0.223 e. The molecule has 0 saturated carbocycles. The van der Waals surface area contributed by atoms with Gasteiger partial charge in [-0.3, -0.25) is 0 Å². The first-order valence-electron chi connectivity index (χ1n) is 6.60. The van der Waals surface area contributed by atoms with Crippen LogP contribution in [-0.4, -0.2) is 34.3 Å². The van der Waals surface area contributed by atoms with E-state index in [1.165, 1.54) is 4.88 Å². The topological polar surface area (TPSA) is 75.3 Å². The average Bonchev–Trinajstić information content (AvgIpc) is 2.77. The molecule has 1 saturated heterocycles. The van der Waals surface area contributed by atoms with E-state index in [-0.39, 0.29) is 12.6 Å². The lowest BCUT2D eigenvalue weighted by Crippen LogP contribution is -2.42. The van der Waals surface area contributed by atoms with Crippen LogP contribution in [0.15, 0.2) is 6.07 Å². The number of hydrogen-bond acceptors (Lipinski definition) is 6. The van der Waals surface area contributed by atoms with Gasteiger partial charge in [0.15, 0.2) is 0 Å². The number of anilines is 2. The van der Waals surface area contributed by atoms with Gasteiger partial charge in [-0.1, -0.05) is 0 Å². The zero-order chi connectivity index (χ0) is 13.4. The van der Waals surface area contributed by atoms with Crippen molar-refractivity contribution >= 4 is 33.3 Å². The fourth-order valence-corrected chi connectivity index (χ4v) is 3.61. The maximum atomic E-state index is 9.56. The number of fused-ring (bicyclic) bond motifs is 1. The Hall–Kier alpha value is -1.40. The Morgan fingerprint density at radius 2 is 2.32 bits per heavy atom. The first-order valence-corrected chi connectivity index (χ1v) is 7.42. The van der Waals surface area contributed by atoms with Crippen molar-refractivity contribution in [2.75, 3.05) is 23.8 Å². The van der Waals surface area contributed by atoms with Gasteiger partial charge >= 0.3 is 0 Å². The highest BCUT2D eigenvalue weighted by atomic mass is 32.1. The summed E-state index contributed by atoms with van der Waals surface area (Å²) in [5.74, 6) is 1.19. The molecule has 0 aliphatic carbocycles. The van der Waals surface area contributed by atoms with Crippen LogP contribution in [0.3, 0.4) is 0 Å². The summed E-state index contributed by atoms with van der Waals surface area (Å²) in [5, 5.41) is 10.6. The number of aromatic nitrogens is 2. The number of nitrogen functional groups attached to an aromatic ring is 1. The number of rotatable bonds is 2. The van der Waals surface area contributed by atoms with Gasteiger partial charge in [0.1, 0.15) is 10.6 Å². The Balaban J connectivity index is 2.12. The molecule has 6 heteroatoms. The van der Waals surface area contributed by atoms with Crippen molar-refractivity contribution in [3.63, 3.8) is 0 Å². The van der Waals surface area contributed by atoms with E-state index in [1.807, 2.05) is 0 Å². The molecule has 102 valence electrons. The summed E-state index contributed by atoms with van der Waals surface area (Å²) in [7, 11) is 0. The Kier molecular flexibility index (Phi) is 3.28. The van der Waals surface area contributed by atoms with Crippen LogP contribution >= 0.6 is 11.3 Å². The number of hydrogen-bond donors (Lipinski definition) is 2. The molecule has 3 N–H and O–H groups in total. The van der Waals surface area contributed by atoms with Gasteiger partial charge < -0.3 is 15.7 Å². The standard InChI is InChI=1S/C13H18N4OS/c1-8-6-10-11(15-13(14)16-12(10)19-8)17-5-3-2-4-9(17)7-18/h6,9,18H,2-5,7H2,1H3,(H2,14,15,16). The minimum absolute atomic E-state index is 0.145. The predicted molar refractivity (Wildman–Crippen MR) is 78.6 cm³/mol. The summed E-state index contributed by atoms with van der Waals surface area (Å²) in [6.07, 6.45) is 3.30. The lowest BCUT2D eigenvalue weighted by atomic mass is 10.0. The van der Waals surface area contributed by atoms with Gasteiger partial charge in [0.25, 0.3) is 0 Å². The highest BCUT2D eigenvalue weighted by Crippen LogP contribution is 2.34. The van der Waals surface area contributed by atoms with Gasteiger partial charge in [-0.05, 0) is 32.3 Å². The zero-order valence-corrected chi connectivity index (χ0v) is 11.8. The van der Waals surface area contributed by atoms with E-state index in [9.17, 15) is 5.11 Å². The molecule has 2 aromatic heterocycles. The third kappa shape index (κ3) is 2.26. The molecule has 1 fully saturated rings. The average molecular weight is 278 g/mol.